The molecule has 4 aliphatic heterocycles. The van der Waals surface area contributed by atoms with Crippen LogP contribution in [0.2, 0.25) is 20.1 Å². The Kier molecular flexibility index (Phi) is 17.2. The van der Waals surface area contributed by atoms with Crippen molar-refractivity contribution in [3.05, 3.63) is 91.4 Å². The van der Waals surface area contributed by atoms with E-state index in [0.29, 0.717) is 107 Å². The highest BCUT2D eigenvalue weighted by molar-refractivity contribution is 7.90. The molecule has 4 aliphatic rings. The van der Waals surface area contributed by atoms with Gasteiger partial charge in [-0.1, -0.05) is 58.5 Å². The number of hydrogen-bond acceptors (Lipinski definition) is 15. The first-order valence-electron chi connectivity index (χ1n) is 26.7. The van der Waals surface area contributed by atoms with Crippen LogP contribution in [0.4, 0.5) is 24.8 Å². The van der Waals surface area contributed by atoms with Crippen molar-refractivity contribution in [3.63, 3.8) is 0 Å². The summed E-state index contributed by atoms with van der Waals surface area (Å²) in [6.45, 7) is 11.9. The highest BCUT2D eigenvalue weighted by Crippen LogP contribution is 2.43. The first-order chi connectivity index (χ1) is 37.9. The molecule has 8 heterocycles. The standard InChI is InChI=1S/C52H62Cl4F3N15O4S2/c1-30(2)80(77,78)64-11-14-70-23-32(16-34(25-70)36-28-72(29-36)46-22-63-48-49(52(57,58)59)68-73(51(48)66-46)31(3)39-9-7-37(53)18-41(39)55)17-44(40-10-8-38(54)19-42(40)56)74-50-47(43(20-60)67-74)62-21-45(65-50)71-26-35(27-71)33-6-4-12-69(24-33)13-5-15-79(61,75)76/h7-10,18-19,21-22,30-36,44,64H,4-6,11-17,23-29H2,1-3H3,(H2,61,75,76). The van der Waals surface area contributed by atoms with Gasteiger partial charge in [0.2, 0.25) is 20.0 Å². The van der Waals surface area contributed by atoms with E-state index in [1.54, 1.807) is 55.9 Å². The Morgan fingerprint density at radius 1 is 0.762 bits per heavy atom. The summed E-state index contributed by atoms with van der Waals surface area (Å²) in [5.74, 6) is 2.03. The summed E-state index contributed by atoms with van der Waals surface area (Å²) in [5, 5.41) is 25.5. The van der Waals surface area contributed by atoms with Crippen molar-refractivity contribution in [2.75, 3.05) is 87.5 Å². The summed E-state index contributed by atoms with van der Waals surface area (Å²) in [6.07, 6.45) is 2.08. The highest BCUT2D eigenvalue weighted by Gasteiger charge is 2.43. The van der Waals surface area contributed by atoms with Crippen LogP contribution < -0.4 is 19.7 Å². The average molecular weight is 1220 g/mol. The minimum atomic E-state index is -4.80. The van der Waals surface area contributed by atoms with Crippen LogP contribution in [0, 0.1) is 40.9 Å². The fourth-order valence-corrected chi connectivity index (χ4v) is 14.3. The summed E-state index contributed by atoms with van der Waals surface area (Å²) >= 11 is 26.3. The van der Waals surface area contributed by atoms with Crippen molar-refractivity contribution in [2.45, 2.75) is 76.4 Å². The van der Waals surface area contributed by atoms with Crippen LogP contribution in [0.3, 0.4) is 0 Å². The first kappa shape index (κ1) is 58.5. The number of likely N-dealkylation sites (tertiary alicyclic amines) is 2. The molecule has 28 heteroatoms. The maximum Gasteiger partial charge on any atom is 0.437 e. The van der Waals surface area contributed by atoms with Gasteiger partial charge in [0.05, 0.1) is 35.5 Å². The fraction of sp³-hybridized carbons (Fsp3) is 0.558. The summed E-state index contributed by atoms with van der Waals surface area (Å²) in [7, 11) is -7.07. The SMILES string of the molecule is CC(c1ccc(Cl)cc1Cl)n1nc(C(F)(F)F)c2ncc(N3CC(C4CC(CC(c5ccc(Cl)cc5Cl)n5nc(C#N)c6ncc(N7CC(C8CCCN(CCCS(N)(=O)=O)C8)C7)nc65)CN(CCNS(=O)(=O)C(C)C)C4)C3)nc21. The number of aromatic nitrogens is 8. The molecular weight excluding hydrogens is 1160 g/mol. The van der Waals surface area contributed by atoms with Gasteiger partial charge in [0, 0.05) is 79.0 Å². The fourth-order valence-electron chi connectivity index (χ4n) is 12.0. The van der Waals surface area contributed by atoms with Gasteiger partial charge >= 0.3 is 6.18 Å². The normalized spacial score (nSPS) is 21.1. The zero-order valence-corrected chi connectivity index (χ0v) is 48.9. The monoisotopic (exact) mass is 1220 g/mol. The lowest BCUT2D eigenvalue weighted by Crippen LogP contribution is -2.55. The molecule has 80 heavy (non-hydrogen) atoms. The highest BCUT2D eigenvalue weighted by atomic mass is 35.5. The Morgan fingerprint density at radius 2 is 1.36 bits per heavy atom. The van der Waals surface area contributed by atoms with E-state index in [1.165, 1.54) is 16.9 Å². The molecule has 6 aromatic rings. The average Bonchev–Trinajstić information content (AvgIpc) is 4.06. The van der Waals surface area contributed by atoms with Gasteiger partial charge in [0.1, 0.15) is 28.7 Å². The zero-order chi connectivity index (χ0) is 57.0. The number of piperidine rings is 2. The molecule has 10 rings (SSSR count). The smallest absolute Gasteiger partial charge is 0.355 e. The number of anilines is 2. The Morgan fingerprint density at radius 3 is 1.96 bits per heavy atom. The van der Waals surface area contributed by atoms with E-state index in [1.807, 2.05) is 11.0 Å². The second-order valence-corrected chi connectivity index (χ2v) is 27.9. The second-order valence-electron chi connectivity index (χ2n) is 22.1. The van der Waals surface area contributed by atoms with Crippen molar-refractivity contribution in [1.29, 1.82) is 5.26 Å². The first-order valence-corrected chi connectivity index (χ1v) is 31.5. The number of nitrogens with two attached hydrogens (primary N) is 1. The number of alkyl halides is 3. The van der Waals surface area contributed by atoms with Gasteiger partial charge in [0.25, 0.3) is 0 Å². The third kappa shape index (κ3) is 12.8. The molecule has 0 aliphatic carbocycles. The van der Waals surface area contributed by atoms with E-state index in [-0.39, 0.29) is 51.9 Å². The van der Waals surface area contributed by atoms with Gasteiger partial charge < -0.3 is 19.6 Å². The van der Waals surface area contributed by atoms with Crippen molar-refractivity contribution in [1.82, 2.24) is 54.0 Å². The Bertz CT molecular complexity index is 3540. The largest absolute Gasteiger partial charge is 0.437 e. The van der Waals surface area contributed by atoms with E-state index in [2.05, 4.69) is 35.6 Å². The Balaban J connectivity index is 0.911. The van der Waals surface area contributed by atoms with E-state index in [0.717, 1.165) is 51.0 Å². The van der Waals surface area contributed by atoms with Gasteiger partial charge in [0.15, 0.2) is 22.7 Å². The van der Waals surface area contributed by atoms with Crippen molar-refractivity contribution in [2.24, 2.45) is 34.7 Å². The molecule has 430 valence electrons. The van der Waals surface area contributed by atoms with Crippen LogP contribution in [-0.2, 0) is 26.2 Å². The van der Waals surface area contributed by atoms with Crippen molar-refractivity contribution < 1.29 is 30.0 Å². The molecule has 4 aromatic heterocycles. The number of fused-ring (bicyclic) bond motifs is 2. The Hall–Kier alpha value is -4.68. The number of nitriles is 1. The van der Waals surface area contributed by atoms with Crippen LogP contribution >= 0.6 is 46.4 Å². The molecular formula is C52H62Cl4F3N15O4S2. The summed E-state index contributed by atoms with van der Waals surface area (Å²) in [4.78, 5) is 27.8. The number of hydrogen-bond donors (Lipinski definition) is 2. The molecule has 0 bridgehead atoms. The minimum Gasteiger partial charge on any atom is -0.355 e. The van der Waals surface area contributed by atoms with Gasteiger partial charge in [-0.3, -0.25) is 0 Å². The second kappa shape index (κ2) is 23.5. The third-order valence-electron chi connectivity index (χ3n) is 16.4. The van der Waals surface area contributed by atoms with Gasteiger partial charge in [-0.2, -0.15) is 28.6 Å². The summed E-state index contributed by atoms with van der Waals surface area (Å²) in [5.41, 5.74) is 0.528. The maximum atomic E-state index is 14.4. The van der Waals surface area contributed by atoms with E-state index < -0.39 is 49.3 Å². The van der Waals surface area contributed by atoms with Crippen molar-refractivity contribution in [3.8, 4) is 6.07 Å². The predicted octanol–water partition coefficient (Wildman–Crippen LogP) is 8.29. The van der Waals surface area contributed by atoms with Crippen LogP contribution in [0.25, 0.3) is 22.3 Å². The number of primary sulfonamides is 1. The number of nitrogens with one attached hydrogen (secondary N) is 1. The molecule has 5 unspecified atom stereocenters. The van der Waals surface area contributed by atoms with Crippen LogP contribution in [-0.4, -0.2) is 149 Å². The lowest BCUT2D eigenvalue weighted by atomic mass is 9.75. The number of benzene rings is 2. The van der Waals surface area contributed by atoms with Crippen LogP contribution in [0.15, 0.2) is 48.8 Å². The van der Waals surface area contributed by atoms with Gasteiger partial charge in [-0.25, -0.2) is 56.0 Å². The molecule has 0 spiro atoms. The van der Waals surface area contributed by atoms with E-state index >= 15 is 0 Å². The molecule has 4 fully saturated rings. The molecule has 0 amide bonds. The van der Waals surface area contributed by atoms with E-state index in [4.69, 9.17) is 71.6 Å². The summed E-state index contributed by atoms with van der Waals surface area (Å²) in [6, 6.07) is 11.0. The number of nitrogens with zero attached hydrogens (tertiary/aromatic N) is 13. The minimum absolute atomic E-state index is 0.0273. The molecule has 3 N–H and O–H groups in total. The molecule has 19 nitrogen and oxygen atoms in total. The zero-order valence-electron chi connectivity index (χ0n) is 44.2. The van der Waals surface area contributed by atoms with Crippen molar-refractivity contribution >= 4 is 100 Å². The third-order valence-corrected chi connectivity index (χ3v) is 20.2. The number of rotatable bonds is 19. The molecule has 5 atom stereocenters. The van der Waals surface area contributed by atoms with Crippen LogP contribution in [0.5, 0.6) is 0 Å². The number of sulfonamides is 2. The summed E-state index contributed by atoms with van der Waals surface area (Å²) < 4.78 is 98.0. The maximum absolute atomic E-state index is 14.4. The van der Waals surface area contributed by atoms with Crippen LogP contribution in [0.1, 0.15) is 87.5 Å². The molecule has 0 saturated carbocycles. The Labute approximate surface area is 483 Å². The lowest BCUT2D eigenvalue weighted by Gasteiger charge is -2.49. The molecule has 4 saturated heterocycles. The molecule has 2 aromatic carbocycles. The lowest BCUT2D eigenvalue weighted by molar-refractivity contribution is -0.140. The quantitative estimate of drug-likeness (QED) is 0.0777. The van der Waals surface area contributed by atoms with E-state index in [9.17, 15) is 35.3 Å². The van der Waals surface area contributed by atoms with Gasteiger partial charge in [-0.05, 0) is 131 Å². The van der Waals surface area contributed by atoms with Gasteiger partial charge in [-0.15, -0.1) is 0 Å². The number of halogens is 7. The molecule has 0 radical (unpaired) electrons. The topological polar surface area (TPSA) is 230 Å². The predicted molar refractivity (Wildman–Crippen MR) is 303 cm³/mol.